The highest BCUT2D eigenvalue weighted by Crippen LogP contribution is 2.34. The number of hydrogen-bond donors (Lipinski definition) is 1. The van der Waals surface area contributed by atoms with E-state index in [2.05, 4.69) is 81.1 Å². The van der Waals surface area contributed by atoms with Gasteiger partial charge < -0.3 is 17.7 Å². The Balaban J connectivity index is 6.19. The molecule has 0 aliphatic rings. The molecule has 0 aromatic carbocycles. The molecule has 0 aromatic rings. The van der Waals surface area contributed by atoms with Crippen LogP contribution in [0.25, 0.3) is 0 Å². The number of carbonyl (C=O) groups is 1. The van der Waals surface area contributed by atoms with Gasteiger partial charge in [-0.2, -0.15) is 0 Å². The van der Waals surface area contributed by atoms with Gasteiger partial charge in [0.25, 0.3) is 0 Å². The standard InChI is InChI=1S/C22H51NO4Si4/c1-13-18(23-19(24)17(5)6)31(25-28-20(7,8)14-2,26-29-21(9,10)15-3)27-30-22(11,12)16-4/h18H,5,13-16,28-30H2,1-4,6-12H3,(H,23,24). The van der Waals surface area contributed by atoms with E-state index in [4.69, 9.17) is 12.3 Å². The lowest BCUT2D eigenvalue weighted by Crippen LogP contribution is -2.65. The predicted octanol–water partition coefficient (Wildman–Crippen LogP) is 4.06. The van der Waals surface area contributed by atoms with Crippen molar-refractivity contribution in [3.05, 3.63) is 12.2 Å². The zero-order chi connectivity index (χ0) is 24.5. The maximum absolute atomic E-state index is 12.6. The third kappa shape index (κ3) is 11.1. The lowest BCUT2D eigenvalue weighted by atomic mass is 10.1. The van der Waals surface area contributed by atoms with E-state index in [0.717, 1.165) is 25.7 Å². The molecule has 0 saturated carbocycles. The Morgan fingerprint density at radius 2 is 1.16 bits per heavy atom. The molecule has 1 N–H and O–H groups in total. The number of hydrogen-bond acceptors (Lipinski definition) is 4. The summed E-state index contributed by atoms with van der Waals surface area (Å²) < 4.78 is 20.6. The Kier molecular flexibility index (Phi) is 13.0. The summed E-state index contributed by atoms with van der Waals surface area (Å²) >= 11 is 0. The minimum Gasteiger partial charge on any atom is -0.421 e. The Morgan fingerprint density at radius 1 is 0.839 bits per heavy atom. The molecule has 1 unspecified atom stereocenters. The van der Waals surface area contributed by atoms with Gasteiger partial charge in [-0.3, -0.25) is 4.79 Å². The number of amides is 1. The van der Waals surface area contributed by atoms with E-state index in [1.807, 2.05) is 0 Å². The summed E-state index contributed by atoms with van der Waals surface area (Å²) in [5.41, 5.74) is 0.280. The lowest BCUT2D eigenvalue weighted by Gasteiger charge is -2.42. The maximum atomic E-state index is 12.6. The first-order chi connectivity index (χ1) is 14.1. The fourth-order valence-corrected chi connectivity index (χ4v) is 16.5. The number of carbonyl (C=O) groups excluding carboxylic acids is 1. The van der Waals surface area contributed by atoms with Crippen LogP contribution in [0, 0.1) is 0 Å². The molecule has 9 heteroatoms. The first-order valence-corrected chi connectivity index (χ1v) is 17.6. The van der Waals surface area contributed by atoms with Crippen molar-refractivity contribution in [2.24, 2.45) is 0 Å². The average Bonchev–Trinajstić information content (AvgIpc) is 2.71. The van der Waals surface area contributed by atoms with Crippen LogP contribution in [0.1, 0.15) is 102 Å². The molecule has 0 heterocycles. The maximum Gasteiger partial charge on any atom is 0.492 e. The third-order valence-corrected chi connectivity index (χ3v) is 18.2. The van der Waals surface area contributed by atoms with E-state index in [-0.39, 0.29) is 26.7 Å². The molecule has 0 bridgehead atoms. The van der Waals surface area contributed by atoms with Crippen molar-refractivity contribution in [2.45, 2.75) is 123 Å². The second-order valence-corrected chi connectivity index (χ2v) is 23.2. The highest BCUT2D eigenvalue weighted by Gasteiger charge is 2.51. The first kappa shape index (κ1) is 31.0. The summed E-state index contributed by atoms with van der Waals surface area (Å²) in [5, 5.41) is 3.66. The van der Waals surface area contributed by atoms with Crippen molar-refractivity contribution in [2.75, 3.05) is 0 Å². The van der Waals surface area contributed by atoms with E-state index >= 15 is 0 Å². The van der Waals surface area contributed by atoms with Crippen LogP contribution in [0.2, 0.25) is 15.1 Å². The van der Waals surface area contributed by atoms with Gasteiger partial charge in [0.1, 0.15) is 0 Å². The number of nitrogens with one attached hydrogen (secondary N) is 1. The molecular formula is C22H51NO4Si4. The monoisotopic (exact) mass is 505 g/mol. The molecule has 0 radical (unpaired) electrons. The first-order valence-electron chi connectivity index (χ1n) is 12.0. The van der Waals surface area contributed by atoms with E-state index in [9.17, 15) is 4.79 Å². The summed E-state index contributed by atoms with van der Waals surface area (Å²) in [5.74, 6) is -0.135. The van der Waals surface area contributed by atoms with Crippen LogP contribution in [0.4, 0.5) is 0 Å². The van der Waals surface area contributed by atoms with Gasteiger partial charge in [0.2, 0.25) is 5.91 Å². The van der Waals surface area contributed by atoms with Gasteiger partial charge in [0.15, 0.2) is 29.3 Å². The van der Waals surface area contributed by atoms with Crippen molar-refractivity contribution in [3.63, 3.8) is 0 Å². The zero-order valence-corrected chi connectivity index (χ0v) is 27.6. The van der Waals surface area contributed by atoms with Crippen molar-refractivity contribution >= 4 is 44.0 Å². The summed E-state index contributed by atoms with van der Waals surface area (Å²) in [6, 6.07) is 0. The topological polar surface area (TPSA) is 56.8 Å². The molecule has 0 spiro atoms. The van der Waals surface area contributed by atoms with Crippen LogP contribution in [-0.2, 0) is 17.1 Å². The predicted molar refractivity (Wildman–Crippen MR) is 145 cm³/mol. The van der Waals surface area contributed by atoms with E-state index in [1.165, 1.54) is 0 Å². The molecule has 1 amide bonds. The second-order valence-electron chi connectivity index (χ2n) is 11.2. The molecule has 0 saturated heterocycles. The molecule has 31 heavy (non-hydrogen) atoms. The van der Waals surface area contributed by atoms with Gasteiger partial charge in [-0.05, 0) is 28.5 Å². The molecule has 0 aliphatic heterocycles. The summed E-state index contributed by atoms with van der Waals surface area (Å²) in [6.45, 7) is 27.9. The SMILES string of the molecule is C=C(C)C(=O)NC(CC)[Si](O[SiH2]C(C)(C)CC)(O[SiH2]C(C)(C)CC)O[SiH2]C(C)(C)CC. The third-order valence-electron chi connectivity index (χ3n) is 6.39. The smallest absolute Gasteiger partial charge is 0.421 e. The Bertz CT molecular complexity index is 532. The van der Waals surface area contributed by atoms with E-state index in [0.29, 0.717) is 5.57 Å². The Labute approximate surface area is 201 Å². The molecule has 0 aliphatic carbocycles. The van der Waals surface area contributed by atoms with E-state index < -0.39 is 38.1 Å². The molecular weight excluding hydrogens is 455 g/mol. The quantitative estimate of drug-likeness (QED) is 0.254. The fraction of sp³-hybridized carbons (Fsp3) is 0.864. The van der Waals surface area contributed by atoms with Crippen LogP contribution in [0.15, 0.2) is 12.2 Å². The van der Waals surface area contributed by atoms with E-state index in [1.54, 1.807) is 6.92 Å². The van der Waals surface area contributed by atoms with Gasteiger partial charge >= 0.3 is 8.80 Å². The summed E-state index contributed by atoms with van der Waals surface area (Å²) in [7, 11) is -5.89. The Morgan fingerprint density at radius 3 is 1.39 bits per heavy atom. The van der Waals surface area contributed by atoms with Crippen molar-refractivity contribution in [1.82, 2.24) is 5.32 Å². The largest absolute Gasteiger partial charge is 0.492 e. The van der Waals surface area contributed by atoms with Crippen molar-refractivity contribution in [3.8, 4) is 0 Å². The van der Waals surface area contributed by atoms with Gasteiger partial charge in [-0.15, -0.1) is 0 Å². The summed E-state index contributed by atoms with van der Waals surface area (Å²) in [6.07, 6.45) is 3.92. The van der Waals surface area contributed by atoms with Gasteiger partial charge in [0, 0.05) is 5.57 Å². The van der Waals surface area contributed by atoms with Crippen molar-refractivity contribution < 1.29 is 17.1 Å². The zero-order valence-electron chi connectivity index (χ0n) is 22.4. The number of rotatable bonds is 16. The fourth-order valence-electron chi connectivity index (χ4n) is 2.34. The van der Waals surface area contributed by atoms with Crippen molar-refractivity contribution in [1.29, 1.82) is 0 Å². The molecule has 0 rings (SSSR count). The highest BCUT2D eigenvalue weighted by atomic mass is 28.5. The molecule has 0 aromatic heterocycles. The summed E-state index contributed by atoms with van der Waals surface area (Å²) in [4.78, 5) is 12.6. The molecule has 0 fully saturated rings. The molecule has 5 nitrogen and oxygen atoms in total. The van der Waals surface area contributed by atoms with Crippen LogP contribution < -0.4 is 5.32 Å². The minimum absolute atomic E-state index is 0.135. The van der Waals surface area contributed by atoms with Crippen LogP contribution >= 0.6 is 0 Å². The van der Waals surface area contributed by atoms with Crippen LogP contribution in [0.5, 0.6) is 0 Å². The normalized spacial score (nSPS) is 17.1. The van der Waals surface area contributed by atoms with Crippen LogP contribution in [0.3, 0.4) is 0 Å². The highest BCUT2D eigenvalue weighted by molar-refractivity contribution is 6.76. The van der Waals surface area contributed by atoms with Crippen LogP contribution in [-0.4, -0.2) is 49.7 Å². The minimum atomic E-state index is -3.10. The lowest BCUT2D eigenvalue weighted by molar-refractivity contribution is -0.118. The average molecular weight is 506 g/mol. The van der Waals surface area contributed by atoms with Gasteiger partial charge in [0.05, 0.1) is 5.67 Å². The molecule has 184 valence electrons. The van der Waals surface area contributed by atoms with Gasteiger partial charge in [-0.1, -0.05) is 95.1 Å². The molecule has 1 atom stereocenters. The van der Waals surface area contributed by atoms with Gasteiger partial charge in [-0.25, -0.2) is 0 Å². The second kappa shape index (κ2) is 13.0. The Hall–Kier alpha value is -0.0425.